The number of pyridine rings is 1. The van der Waals surface area contributed by atoms with Crippen molar-refractivity contribution in [1.29, 1.82) is 0 Å². The number of halogens is 2. The van der Waals surface area contributed by atoms with E-state index in [0.29, 0.717) is 48.5 Å². The van der Waals surface area contributed by atoms with E-state index in [1.165, 1.54) is 0 Å². The van der Waals surface area contributed by atoms with Crippen molar-refractivity contribution in [2.24, 2.45) is 0 Å². The molecule has 3 aliphatic rings. The van der Waals surface area contributed by atoms with Gasteiger partial charge in [0.2, 0.25) is 5.92 Å². The maximum Gasteiger partial charge on any atom is 0.261 e. The largest absolute Gasteiger partial charge is 0.373 e. The molecule has 37 heavy (non-hydrogen) atoms. The molecule has 0 unspecified atom stereocenters. The van der Waals surface area contributed by atoms with Gasteiger partial charge in [0.05, 0.1) is 17.5 Å². The molecule has 0 aromatic carbocycles. The molecular weight excluding hydrogens is 478 g/mol. The third-order valence-corrected chi connectivity index (χ3v) is 8.40. The van der Waals surface area contributed by atoms with Crippen molar-refractivity contribution < 1.29 is 13.5 Å². The first kappa shape index (κ1) is 24.4. The fraction of sp³-hybridized carbons (Fsp3) is 0.571. The Labute approximate surface area is 213 Å². The minimum atomic E-state index is -2.65. The fourth-order valence-corrected chi connectivity index (χ4v) is 5.81. The molecule has 0 amide bonds. The summed E-state index contributed by atoms with van der Waals surface area (Å²) < 4.78 is 37.4. The number of nitrogens with zero attached hydrogens (tertiary/aromatic N) is 4. The molecule has 7 nitrogen and oxygen atoms in total. The number of ether oxygens (including phenoxy) is 1. The summed E-state index contributed by atoms with van der Waals surface area (Å²) in [6, 6.07) is 3.74. The molecule has 0 N–H and O–H groups in total. The van der Waals surface area contributed by atoms with Gasteiger partial charge >= 0.3 is 0 Å². The van der Waals surface area contributed by atoms with Crippen molar-refractivity contribution in [2.45, 2.75) is 95.1 Å². The van der Waals surface area contributed by atoms with Crippen LogP contribution in [-0.4, -0.2) is 31.5 Å². The molecule has 0 radical (unpaired) electrons. The number of aryl methyl sites for hydroxylation is 1. The highest BCUT2D eigenvalue weighted by Gasteiger charge is 2.37. The first-order valence-corrected chi connectivity index (χ1v) is 13.3. The molecule has 3 fully saturated rings. The Kier molecular flexibility index (Phi) is 6.01. The second-order valence-corrected chi connectivity index (χ2v) is 11.0. The Balaban J connectivity index is 1.38. The lowest BCUT2D eigenvalue weighted by atomic mass is 9.84. The van der Waals surface area contributed by atoms with Crippen LogP contribution in [0.15, 0.2) is 34.1 Å². The van der Waals surface area contributed by atoms with Crippen molar-refractivity contribution >= 4 is 5.65 Å². The van der Waals surface area contributed by atoms with E-state index < -0.39 is 5.92 Å². The molecule has 3 aromatic rings. The van der Waals surface area contributed by atoms with Crippen molar-refractivity contribution in [3.8, 4) is 0 Å². The minimum absolute atomic E-state index is 0.00930. The highest BCUT2D eigenvalue weighted by molar-refractivity contribution is 5.48. The molecule has 4 heterocycles. The van der Waals surface area contributed by atoms with Crippen LogP contribution in [0.2, 0.25) is 0 Å². The molecule has 0 spiro atoms. The van der Waals surface area contributed by atoms with Gasteiger partial charge in [0.1, 0.15) is 0 Å². The van der Waals surface area contributed by atoms with Gasteiger partial charge in [-0.1, -0.05) is 0 Å². The lowest BCUT2D eigenvalue weighted by molar-refractivity contribution is -0.0384. The highest BCUT2D eigenvalue weighted by atomic mass is 19.3. The van der Waals surface area contributed by atoms with Crippen molar-refractivity contribution in [3.63, 3.8) is 0 Å². The van der Waals surface area contributed by atoms with Gasteiger partial charge in [-0.2, -0.15) is 0 Å². The van der Waals surface area contributed by atoms with Crippen LogP contribution in [0, 0.1) is 13.8 Å². The summed E-state index contributed by atoms with van der Waals surface area (Å²) in [7, 11) is 0. The number of alkyl halides is 2. The topological polar surface area (TPSA) is 78.5 Å². The van der Waals surface area contributed by atoms with E-state index >= 15 is 0 Å². The molecule has 196 valence electrons. The Morgan fingerprint density at radius 3 is 2.46 bits per heavy atom. The van der Waals surface area contributed by atoms with E-state index in [0.717, 1.165) is 30.5 Å². The van der Waals surface area contributed by atoms with Crippen LogP contribution in [0.25, 0.3) is 5.65 Å². The maximum absolute atomic E-state index is 13.9. The lowest BCUT2D eigenvalue weighted by Gasteiger charge is -2.31. The van der Waals surface area contributed by atoms with Gasteiger partial charge in [-0.3, -0.25) is 19.0 Å². The second-order valence-electron chi connectivity index (χ2n) is 11.0. The van der Waals surface area contributed by atoms with E-state index in [2.05, 4.69) is 0 Å². The molecule has 0 bridgehead atoms. The number of fused-ring (bicyclic) bond motifs is 1. The molecule has 2 atom stereocenters. The Morgan fingerprint density at radius 2 is 1.73 bits per heavy atom. The summed E-state index contributed by atoms with van der Waals surface area (Å²) in [6.07, 6.45) is 7.26. The van der Waals surface area contributed by atoms with Crippen molar-refractivity contribution in [1.82, 2.24) is 18.9 Å². The molecule has 2 saturated carbocycles. The highest BCUT2D eigenvalue weighted by Crippen LogP contribution is 2.43. The van der Waals surface area contributed by atoms with Gasteiger partial charge in [0, 0.05) is 67.0 Å². The molecule has 9 heteroatoms. The first-order valence-electron chi connectivity index (χ1n) is 13.3. The second kappa shape index (κ2) is 9.11. The number of hydrogen-bond donors (Lipinski definition) is 0. The quantitative estimate of drug-likeness (QED) is 0.486. The monoisotopic (exact) mass is 510 g/mol. The zero-order valence-electron chi connectivity index (χ0n) is 21.3. The normalized spacial score (nSPS) is 24.4. The number of rotatable bonds is 4. The Morgan fingerprint density at radius 1 is 0.973 bits per heavy atom. The summed E-state index contributed by atoms with van der Waals surface area (Å²) in [6.45, 7) is 4.09. The van der Waals surface area contributed by atoms with Crippen LogP contribution in [0.3, 0.4) is 0 Å². The Hall–Kier alpha value is -2.94. The average molecular weight is 511 g/mol. The van der Waals surface area contributed by atoms with Crippen LogP contribution in [0.4, 0.5) is 8.78 Å². The average Bonchev–Trinajstić information content (AvgIpc) is 3.73. The van der Waals surface area contributed by atoms with E-state index in [9.17, 15) is 18.4 Å². The third-order valence-electron chi connectivity index (χ3n) is 8.40. The molecular formula is C28H32F2N4O3. The van der Waals surface area contributed by atoms with Gasteiger partial charge in [-0.15, -0.1) is 0 Å². The SMILES string of the molecule is Cc1nc2c(C3CCC(F)(F)CC3)nc([C@H]3CCO[C@@H](c4ccc(=O)n(C5CC5)c4)C3)cn2c(=O)c1C. The van der Waals surface area contributed by atoms with E-state index in [4.69, 9.17) is 14.7 Å². The van der Waals surface area contributed by atoms with Crippen molar-refractivity contribution in [2.75, 3.05) is 6.61 Å². The molecule has 2 aliphatic carbocycles. The Bertz CT molecular complexity index is 1470. The van der Waals surface area contributed by atoms with E-state index in [1.807, 2.05) is 16.8 Å². The summed E-state index contributed by atoms with van der Waals surface area (Å²) in [5.74, 6) is -2.78. The third kappa shape index (κ3) is 4.62. The van der Waals surface area contributed by atoms with Crippen LogP contribution < -0.4 is 11.1 Å². The standard InChI is InChI=1S/C28H32F2N4O3/c1-16-17(2)31-26-25(18-7-10-28(29,30)11-8-18)32-22(15-34(26)27(16)36)19-9-12-37-23(13-19)20-3-6-24(35)33(14-20)21-4-5-21/h3,6,14-15,18-19,21,23H,4-5,7-13H2,1-2H3/t19-,23+/m0/s1. The van der Waals surface area contributed by atoms with Crippen LogP contribution in [0.1, 0.15) is 104 Å². The van der Waals surface area contributed by atoms with Gasteiger partial charge in [0.15, 0.2) is 5.65 Å². The van der Waals surface area contributed by atoms with E-state index in [1.54, 1.807) is 30.5 Å². The predicted octanol–water partition coefficient (Wildman–Crippen LogP) is 5.13. The summed E-state index contributed by atoms with van der Waals surface area (Å²) in [4.78, 5) is 35.3. The maximum atomic E-state index is 13.9. The number of hydrogen-bond acceptors (Lipinski definition) is 5. The minimum Gasteiger partial charge on any atom is -0.373 e. The first-order chi connectivity index (χ1) is 17.7. The van der Waals surface area contributed by atoms with Crippen LogP contribution >= 0.6 is 0 Å². The predicted molar refractivity (Wildman–Crippen MR) is 135 cm³/mol. The molecule has 1 saturated heterocycles. The van der Waals surface area contributed by atoms with Crippen molar-refractivity contribution in [3.05, 3.63) is 73.4 Å². The molecule has 1 aliphatic heterocycles. The lowest BCUT2D eigenvalue weighted by Crippen LogP contribution is -2.28. The molecule has 3 aromatic heterocycles. The van der Waals surface area contributed by atoms with Gasteiger partial charge < -0.3 is 9.30 Å². The summed E-state index contributed by atoms with van der Waals surface area (Å²) in [5.41, 5.74) is 3.95. The van der Waals surface area contributed by atoms with Gasteiger partial charge in [0.25, 0.3) is 11.1 Å². The smallest absolute Gasteiger partial charge is 0.261 e. The summed E-state index contributed by atoms with van der Waals surface area (Å²) >= 11 is 0. The zero-order valence-corrected chi connectivity index (χ0v) is 21.3. The zero-order chi connectivity index (χ0) is 25.9. The van der Waals surface area contributed by atoms with Gasteiger partial charge in [-0.05, 0) is 64.0 Å². The van der Waals surface area contributed by atoms with Crippen LogP contribution in [-0.2, 0) is 4.74 Å². The summed E-state index contributed by atoms with van der Waals surface area (Å²) in [5, 5.41) is 0. The van der Waals surface area contributed by atoms with Gasteiger partial charge in [-0.25, -0.2) is 13.8 Å². The molecule has 6 rings (SSSR count). The van der Waals surface area contributed by atoms with Crippen LogP contribution in [0.5, 0.6) is 0 Å². The fourth-order valence-electron chi connectivity index (χ4n) is 5.81. The van der Waals surface area contributed by atoms with E-state index in [-0.39, 0.29) is 47.9 Å². The number of aromatic nitrogens is 4.